The largest absolute Gasteiger partial charge is 0.431 e. The summed E-state index contributed by atoms with van der Waals surface area (Å²) >= 11 is 0. The first-order valence-corrected chi connectivity index (χ1v) is 5.21. The van der Waals surface area contributed by atoms with Gasteiger partial charge in [-0.15, -0.1) is 0 Å². The number of carbonyl (C=O) groups excluding carboxylic acids is 1. The maximum Gasteiger partial charge on any atom is 0.335 e. The third kappa shape index (κ3) is 5.95. The van der Waals surface area contributed by atoms with Gasteiger partial charge in [-0.2, -0.15) is 0 Å². The maximum atomic E-state index is 11.2. The zero-order valence-electron chi connectivity index (χ0n) is 9.45. The van der Waals surface area contributed by atoms with Crippen molar-refractivity contribution in [3.8, 4) is 0 Å². The summed E-state index contributed by atoms with van der Waals surface area (Å²) in [6, 6.07) is 9.61. The minimum atomic E-state index is -0.411. The van der Waals surface area contributed by atoms with E-state index >= 15 is 0 Å². The third-order valence-corrected chi connectivity index (χ3v) is 1.83. The van der Waals surface area contributed by atoms with E-state index in [1.165, 1.54) is 12.3 Å². The molecule has 2 nitrogen and oxygen atoms in total. The highest BCUT2D eigenvalue weighted by Crippen LogP contribution is 2.01. The molecule has 0 heterocycles. The van der Waals surface area contributed by atoms with Crippen LogP contribution in [-0.2, 0) is 9.53 Å². The molecule has 0 spiro atoms. The van der Waals surface area contributed by atoms with E-state index in [0.717, 1.165) is 5.56 Å². The molecule has 0 atom stereocenters. The number of hydrogen-bond donors (Lipinski definition) is 0. The van der Waals surface area contributed by atoms with Crippen molar-refractivity contribution in [2.24, 2.45) is 0 Å². The molecule has 0 saturated carbocycles. The molecule has 0 aromatic heterocycles. The number of allylic oxidation sites excluding steroid dienone is 4. The lowest BCUT2D eigenvalue weighted by Crippen LogP contribution is -1.92. The fourth-order valence-corrected chi connectivity index (χ4v) is 1.06. The first-order valence-electron chi connectivity index (χ1n) is 5.21. The zero-order valence-corrected chi connectivity index (χ0v) is 9.45. The molecule has 1 aromatic rings. The van der Waals surface area contributed by atoms with Crippen molar-refractivity contribution in [2.75, 3.05) is 0 Å². The molecule has 0 fully saturated rings. The second-order valence-electron chi connectivity index (χ2n) is 3.13. The summed E-state index contributed by atoms with van der Waals surface area (Å²) in [5, 5.41) is 0. The van der Waals surface area contributed by atoms with Gasteiger partial charge in [0.25, 0.3) is 0 Å². The number of benzene rings is 1. The Bertz CT molecular complexity index is 439. The molecule has 0 unspecified atom stereocenters. The summed E-state index contributed by atoms with van der Waals surface area (Å²) in [6.07, 6.45) is 11.1. The molecule has 17 heavy (non-hydrogen) atoms. The van der Waals surface area contributed by atoms with Gasteiger partial charge in [-0.05, 0) is 11.6 Å². The molecule has 0 aliphatic heterocycles. The van der Waals surface area contributed by atoms with Crippen molar-refractivity contribution in [1.29, 1.82) is 0 Å². The Hall–Kier alpha value is -2.35. The van der Waals surface area contributed by atoms with E-state index in [-0.39, 0.29) is 0 Å². The van der Waals surface area contributed by atoms with E-state index in [2.05, 4.69) is 6.58 Å². The highest BCUT2D eigenvalue weighted by Gasteiger charge is 1.90. The Kier molecular flexibility index (Phi) is 5.89. The Morgan fingerprint density at radius 2 is 1.88 bits per heavy atom. The van der Waals surface area contributed by atoms with Gasteiger partial charge in [-0.1, -0.05) is 61.2 Å². The van der Waals surface area contributed by atoms with E-state index in [9.17, 15) is 4.79 Å². The number of hydrogen-bond acceptors (Lipinski definition) is 2. The molecule has 1 aromatic carbocycles. The minimum absolute atomic E-state index is 0.411. The predicted molar refractivity (Wildman–Crippen MR) is 70.0 cm³/mol. The van der Waals surface area contributed by atoms with Crippen LogP contribution in [-0.4, -0.2) is 5.97 Å². The van der Waals surface area contributed by atoms with Crippen molar-refractivity contribution < 1.29 is 9.53 Å². The summed E-state index contributed by atoms with van der Waals surface area (Å²) in [5.74, 6) is -0.411. The van der Waals surface area contributed by atoms with Crippen molar-refractivity contribution in [1.82, 2.24) is 0 Å². The lowest BCUT2D eigenvalue weighted by atomic mass is 10.2. The summed E-state index contributed by atoms with van der Waals surface area (Å²) < 4.78 is 4.86. The van der Waals surface area contributed by atoms with Crippen molar-refractivity contribution >= 4 is 12.0 Å². The molecule has 0 amide bonds. The smallest absolute Gasteiger partial charge is 0.335 e. The predicted octanol–water partition coefficient (Wildman–Crippen LogP) is 3.50. The Labute approximate surface area is 101 Å². The van der Waals surface area contributed by atoms with Crippen LogP contribution in [0.4, 0.5) is 0 Å². The molecule has 86 valence electrons. The summed E-state index contributed by atoms with van der Waals surface area (Å²) in [5.41, 5.74) is 0.982. The zero-order chi connectivity index (χ0) is 12.3. The summed E-state index contributed by atoms with van der Waals surface area (Å²) in [6.45, 7) is 3.51. The van der Waals surface area contributed by atoms with Crippen LogP contribution >= 0.6 is 0 Å². The molecule has 0 aliphatic carbocycles. The number of ether oxygens (including phenoxy) is 1. The quantitative estimate of drug-likeness (QED) is 0.332. The van der Waals surface area contributed by atoms with Gasteiger partial charge in [-0.3, -0.25) is 0 Å². The average molecular weight is 226 g/mol. The molecule has 0 aliphatic rings. The Morgan fingerprint density at radius 3 is 2.59 bits per heavy atom. The number of rotatable bonds is 5. The standard InChI is InChI=1S/C15H14O2/c1-2-3-4-8-11-15(16)17-13-12-14-9-6-5-7-10-14/h2-13H,1H2. The fourth-order valence-electron chi connectivity index (χ4n) is 1.06. The highest BCUT2D eigenvalue weighted by molar-refractivity contribution is 5.83. The van der Waals surface area contributed by atoms with Crippen LogP contribution in [0.2, 0.25) is 0 Å². The second-order valence-corrected chi connectivity index (χ2v) is 3.13. The minimum Gasteiger partial charge on any atom is -0.431 e. The monoisotopic (exact) mass is 226 g/mol. The normalized spacial score (nSPS) is 11.3. The number of esters is 1. The Morgan fingerprint density at radius 1 is 1.12 bits per heavy atom. The fraction of sp³-hybridized carbons (Fsp3) is 0. The first-order chi connectivity index (χ1) is 8.33. The van der Waals surface area contributed by atoms with Crippen molar-refractivity contribution in [3.63, 3.8) is 0 Å². The van der Waals surface area contributed by atoms with Crippen LogP contribution in [0.5, 0.6) is 0 Å². The molecule has 0 bridgehead atoms. The molecule has 0 radical (unpaired) electrons. The van der Waals surface area contributed by atoms with E-state index in [0.29, 0.717) is 0 Å². The van der Waals surface area contributed by atoms with Gasteiger partial charge in [-0.25, -0.2) is 4.79 Å². The average Bonchev–Trinajstić information content (AvgIpc) is 2.36. The van der Waals surface area contributed by atoms with Crippen LogP contribution in [0.1, 0.15) is 5.56 Å². The van der Waals surface area contributed by atoms with Crippen LogP contribution in [0.25, 0.3) is 6.08 Å². The highest BCUT2D eigenvalue weighted by atomic mass is 16.5. The molecule has 2 heteroatoms. The lowest BCUT2D eigenvalue weighted by Gasteiger charge is -1.93. The maximum absolute atomic E-state index is 11.2. The van der Waals surface area contributed by atoms with E-state index in [1.54, 1.807) is 30.4 Å². The van der Waals surface area contributed by atoms with Gasteiger partial charge in [0.05, 0.1) is 6.26 Å². The van der Waals surface area contributed by atoms with Gasteiger partial charge in [0.15, 0.2) is 0 Å². The lowest BCUT2D eigenvalue weighted by molar-refractivity contribution is -0.132. The Balaban J connectivity index is 2.38. The first kappa shape index (κ1) is 12.7. The van der Waals surface area contributed by atoms with E-state index in [4.69, 9.17) is 4.74 Å². The third-order valence-electron chi connectivity index (χ3n) is 1.83. The summed E-state index contributed by atoms with van der Waals surface area (Å²) in [4.78, 5) is 11.2. The van der Waals surface area contributed by atoms with Crippen LogP contribution < -0.4 is 0 Å². The van der Waals surface area contributed by atoms with Crippen molar-refractivity contribution in [2.45, 2.75) is 0 Å². The second kappa shape index (κ2) is 7.88. The van der Waals surface area contributed by atoms with E-state index in [1.807, 2.05) is 30.3 Å². The van der Waals surface area contributed by atoms with Gasteiger partial charge in [0.2, 0.25) is 0 Å². The molecule has 0 saturated heterocycles. The van der Waals surface area contributed by atoms with Crippen LogP contribution in [0.3, 0.4) is 0 Å². The SMILES string of the molecule is C=CC=CC=CC(=O)OC=Cc1ccccc1. The van der Waals surface area contributed by atoms with Gasteiger partial charge >= 0.3 is 5.97 Å². The van der Waals surface area contributed by atoms with Crippen LogP contribution in [0.15, 0.2) is 73.6 Å². The summed E-state index contributed by atoms with van der Waals surface area (Å²) in [7, 11) is 0. The van der Waals surface area contributed by atoms with Crippen molar-refractivity contribution in [3.05, 3.63) is 79.1 Å². The van der Waals surface area contributed by atoms with Gasteiger partial charge in [0.1, 0.15) is 0 Å². The van der Waals surface area contributed by atoms with Gasteiger partial charge in [0, 0.05) is 6.08 Å². The molecular formula is C15H14O2. The molecule has 0 N–H and O–H groups in total. The number of carbonyl (C=O) groups is 1. The van der Waals surface area contributed by atoms with E-state index < -0.39 is 5.97 Å². The van der Waals surface area contributed by atoms with Crippen LogP contribution in [0, 0.1) is 0 Å². The topological polar surface area (TPSA) is 26.3 Å². The molecular weight excluding hydrogens is 212 g/mol. The van der Waals surface area contributed by atoms with Gasteiger partial charge < -0.3 is 4.74 Å². The molecule has 1 rings (SSSR count).